The second kappa shape index (κ2) is 9.54. The number of aryl methyl sites for hydroxylation is 1. The minimum absolute atomic E-state index is 0.245. The Labute approximate surface area is 194 Å². The summed E-state index contributed by atoms with van der Waals surface area (Å²) in [6.07, 6.45) is 1.75. The summed E-state index contributed by atoms with van der Waals surface area (Å²) in [5.41, 5.74) is 4.04. The van der Waals surface area contributed by atoms with Crippen LogP contribution in [0, 0.1) is 6.92 Å². The lowest BCUT2D eigenvalue weighted by Crippen LogP contribution is -2.27. The minimum atomic E-state index is -0.273. The molecule has 3 aromatic rings. The van der Waals surface area contributed by atoms with Gasteiger partial charge in [0.2, 0.25) is 0 Å². The number of benzene rings is 3. The van der Waals surface area contributed by atoms with Crippen LogP contribution in [0.3, 0.4) is 0 Å². The smallest absolute Gasteiger partial charge is 0.293 e. The normalized spacial score (nSPS) is 15.0. The van der Waals surface area contributed by atoms with Crippen LogP contribution in [-0.2, 0) is 17.9 Å². The third-order valence-corrected chi connectivity index (χ3v) is 6.51. The predicted molar refractivity (Wildman–Crippen MR) is 128 cm³/mol. The topological polar surface area (TPSA) is 46.6 Å². The molecule has 1 heterocycles. The molecule has 0 aliphatic carbocycles. The van der Waals surface area contributed by atoms with E-state index in [1.807, 2.05) is 60.7 Å². The van der Waals surface area contributed by atoms with Gasteiger partial charge in [-0.1, -0.05) is 76.1 Å². The van der Waals surface area contributed by atoms with Gasteiger partial charge < -0.3 is 4.74 Å². The van der Waals surface area contributed by atoms with Crippen molar-refractivity contribution >= 4 is 44.9 Å². The van der Waals surface area contributed by atoms with E-state index in [0.717, 1.165) is 38.7 Å². The monoisotopic (exact) mass is 493 g/mol. The minimum Gasteiger partial charge on any atom is -0.489 e. The summed E-state index contributed by atoms with van der Waals surface area (Å²) in [6, 6.07) is 23.3. The molecule has 0 N–H and O–H groups in total. The molecule has 156 valence electrons. The Kier molecular flexibility index (Phi) is 6.59. The maximum absolute atomic E-state index is 12.8. The molecule has 1 fully saturated rings. The number of carbonyl (C=O) groups is 2. The molecule has 1 saturated heterocycles. The molecule has 6 heteroatoms. The summed E-state index contributed by atoms with van der Waals surface area (Å²) in [6.45, 7) is 2.79. The Morgan fingerprint density at radius 2 is 1.77 bits per heavy atom. The summed E-state index contributed by atoms with van der Waals surface area (Å²) >= 11 is 4.43. The van der Waals surface area contributed by atoms with Gasteiger partial charge in [-0.2, -0.15) is 0 Å². The molecule has 0 aromatic heterocycles. The maximum atomic E-state index is 12.8. The number of ether oxygens (including phenoxy) is 1. The van der Waals surface area contributed by atoms with E-state index in [-0.39, 0.29) is 17.7 Å². The van der Waals surface area contributed by atoms with Gasteiger partial charge >= 0.3 is 0 Å². The number of amides is 2. The first-order chi connectivity index (χ1) is 15.0. The lowest BCUT2D eigenvalue weighted by atomic mass is 10.1. The van der Waals surface area contributed by atoms with Gasteiger partial charge in [-0.15, -0.1) is 0 Å². The van der Waals surface area contributed by atoms with Gasteiger partial charge in [0.1, 0.15) is 12.4 Å². The number of hydrogen-bond donors (Lipinski definition) is 0. The second-order valence-corrected chi connectivity index (χ2v) is 9.05. The lowest BCUT2D eigenvalue weighted by Gasteiger charge is -2.13. The molecule has 4 nitrogen and oxygen atoms in total. The highest BCUT2D eigenvalue weighted by Crippen LogP contribution is 2.34. The van der Waals surface area contributed by atoms with Crippen LogP contribution < -0.4 is 4.74 Å². The molecular formula is C25H20BrNO3S. The van der Waals surface area contributed by atoms with Gasteiger partial charge in [0, 0.05) is 4.47 Å². The molecular weight excluding hydrogens is 474 g/mol. The van der Waals surface area contributed by atoms with Crippen LogP contribution in [0.4, 0.5) is 4.79 Å². The van der Waals surface area contributed by atoms with E-state index in [9.17, 15) is 9.59 Å². The highest BCUT2D eigenvalue weighted by Gasteiger charge is 2.35. The molecule has 0 radical (unpaired) electrons. The zero-order valence-corrected chi connectivity index (χ0v) is 19.3. The maximum Gasteiger partial charge on any atom is 0.293 e. The fourth-order valence-corrected chi connectivity index (χ4v) is 4.46. The van der Waals surface area contributed by atoms with Crippen molar-refractivity contribution in [3.8, 4) is 5.75 Å². The Bertz CT molecular complexity index is 1160. The predicted octanol–water partition coefficient (Wildman–Crippen LogP) is 6.57. The zero-order chi connectivity index (χ0) is 21.8. The average molecular weight is 494 g/mol. The van der Waals surface area contributed by atoms with Gasteiger partial charge in [-0.05, 0) is 59.7 Å². The van der Waals surface area contributed by atoms with Gasteiger partial charge in [0.05, 0.1) is 11.4 Å². The van der Waals surface area contributed by atoms with Crippen LogP contribution in [0.15, 0.2) is 82.2 Å². The van der Waals surface area contributed by atoms with E-state index < -0.39 is 0 Å². The molecule has 0 spiro atoms. The molecule has 0 unspecified atom stereocenters. The van der Waals surface area contributed by atoms with Crippen molar-refractivity contribution in [3.05, 3.63) is 104 Å². The van der Waals surface area contributed by atoms with E-state index in [2.05, 4.69) is 35.0 Å². The van der Waals surface area contributed by atoms with Crippen LogP contribution in [0.1, 0.15) is 22.3 Å². The van der Waals surface area contributed by atoms with Crippen LogP contribution >= 0.6 is 27.7 Å². The SMILES string of the molecule is Cc1cccc(COc2ccc(/C=C3\SC(=O)N(Cc4ccccc4Br)C3=O)cc2)c1. The Morgan fingerprint density at radius 3 is 2.52 bits per heavy atom. The number of carbonyl (C=O) groups excluding carboxylic acids is 2. The van der Waals surface area contributed by atoms with Crippen LogP contribution in [0.2, 0.25) is 0 Å². The number of hydrogen-bond acceptors (Lipinski definition) is 4. The van der Waals surface area contributed by atoms with E-state index in [1.54, 1.807) is 6.08 Å². The molecule has 1 aliphatic heterocycles. The number of halogens is 1. The van der Waals surface area contributed by atoms with E-state index >= 15 is 0 Å². The first-order valence-electron chi connectivity index (χ1n) is 9.77. The molecule has 2 amide bonds. The van der Waals surface area contributed by atoms with Gasteiger partial charge in [-0.25, -0.2) is 0 Å². The quantitative estimate of drug-likeness (QED) is 0.364. The van der Waals surface area contributed by atoms with Crippen molar-refractivity contribution in [2.75, 3.05) is 0 Å². The van der Waals surface area contributed by atoms with Crippen molar-refractivity contribution in [2.45, 2.75) is 20.1 Å². The third kappa shape index (κ3) is 5.27. The van der Waals surface area contributed by atoms with Crippen LogP contribution in [0.25, 0.3) is 6.08 Å². The summed E-state index contributed by atoms with van der Waals surface area (Å²) < 4.78 is 6.72. The Balaban J connectivity index is 1.42. The average Bonchev–Trinajstić information content (AvgIpc) is 3.02. The summed E-state index contributed by atoms with van der Waals surface area (Å²) in [4.78, 5) is 26.9. The zero-order valence-electron chi connectivity index (χ0n) is 16.9. The molecule has 0 saturated carbocycles. The lowest BCUT2D eigenvalue weighted by molar-refractivity contribution is -0.123. The van der Waals surface area contributed by atoms with Gasteiger partial charge in [0.15, 0.2) is 0 Å². The molecule has 1 aliphatic rings. The Hall–Kier alpha value is -2.83. The molecule has 31 heavy (non-hydrogen) atoms. The largest absolute Gasteiger partial charge is 0.489 e. The van der Waals surface area contributed by atoms with E-state index in [0.29, 0.717) is 11.5 Å². The third-order valence-electron chi connectivity index (χ3n) is 4.83. The van der Waals surface area contributed by atoms with E-state index in [4.69, 9.17) is 4.74 Å². The van der Waals surface area contributed by atoms with Gasteiger partial charge in [-0.3, -0.25) is 14.5 Å². The first kappa shape index (κ1) is 21.4. The summed E-state index contributed by atoms with van der Waals surface area (Å²) in [5, 5.41) is -0.259. The molecule has 0 bridgehead atoms. The number of thioether (sulfide) groups is 1. The number of imide groups is 1. The van der Waals surface area contributed by atoms with Crippen molar-refractivity contribution < 1.29 is 14.3 Å². The van der Waals surface area contributed by atoms with Gasteiger partial charge in [0.25, 0.3) is 11.1 Å². The van der Waals surface area contributed by atoms with Crippen molar-refractivity contribution in [3.63, 3.8) is 0 Å². The van der Waals surface area contributed by atoms with Crippen LogP contribution in [0.5, 0.6) is 5.75 Å². The second-order valence-electron chi connectivity index (χ2n) is 7.21. The highest BCUT2D eigenvalue weighted by atomic mass is 79.9. The fraction of sp³-hybridized carbons (Fsp3) is 0.120. The molecule has 3 aromatic carbocycles. The van der Waals surface area contributed by atoms with Crippen LogP contribution in [-0.4, -0.2) is 16.0 Å². The summed E-state index contributed by atoms with van der Waals surface area (Å²) in [7, 11) is 0. The van der Waals surface area contributed by atoms with E-state index in [1.165, 1.54) is 10.5 Å². The number of nitrogens with zero attached hydrogens (tertiary/aromatic N) is 1. The van der Waals surface area contributed by atoms with Crippen molar-refractivity contribution in [1.82, 2.24) is 4.90 Å². The Morgan fingerprint density at radius 1 is 1.00 bits per heavy atom. The number of rotatable bonds is 6. The van der Waals surface area contributed by atoms with Crippen molar-refractivity contribution in [1.29, 1.82) is 0 Å². The molecule has 4 rings (SSSR count). The van der Waals surface area contributed by atoms with Crippen molar-refractivity contribution in [2.24, 2.45) is 0 Å². The fourth-order valence-electron chi connectivity index (χ4n) is 3.21. The molecule has 0 atom stereocenters. The first-order valence-corrected chi connectivity index (χ1v) is 11.4. The standard InChI is InChI=1S/C25H20BrNO3S/c1-17-5-4-6-19(13-17)16-30-21-11-9-18(10-12-21)14-23-24(28)27(25(29)31-23)15-20-7-2-3-8-22(20)26/h2-14H,15-16H2,1H3/b23-14-. The summed E-state index contributed by atoms with van der Waals surface area (Å²) in [5.74, 6) is 0.478. The highest BCUT2D eigenvalue weighted by molar-refractivity contribution is 9.10.